The summed E-state index contributed by atoms with van der Waals surface area (Å²) in [5.74, 6) is 2.62. The van der Waals surface area contributed by atoms with Gasteiger partial charge in [0.15, 0.2) is 11.5 Å². The van der Waals surface area contributed by atoms with E-state index in [0.717, 1.165) is 60.9 Å². The molecule has 4 aliphatic rings. The normalized spacial score (nSPS) is 23.9. The number of hydrazone groups is 1. The molecule has 2 aromatic rings. The van der Waals surface area contributed by atoms with Crippen molar-refractivity contribution in [3.8, 4) is 17.2 Å². The number of likely N-dealkylation sites (tertiary alicyclic amines) is 1. The molecule has 1 unspecified atom stereocenters. The Morgan fingerprint density at radius 1 is 1.00 bits per heavy atom. The molecule has 1 atom stereocenters. The summed E-state index contributed by atoms with van der Waals surface area (Å²) < 4.78 is 17.8. The highest BCUT2D eigenvalue weighted by Crippen LogP contribution is 2.50. The second-order valence-corrected chi connectivity index (χ2v) is 8.90. The zero-order chi connectivity index (χ0) is 20.3. The van der Waals surface area contributed by atoms with Crippen molar-refractivity contribution in [1.29, 1.82) is 0 Å². The van der Waals surface area contributed by atoms with Crippen molar-refractivity contribution < 1.29 is 14.2 Å². The number of hydrogen-bond acceptors (Lipinski definition) is 6. The highest BCUT2D eigenvalue weighted by Gasteiger charge is 2.51. The SMILES string of the molecule is CC(C)N1CCC2(CC1)Oc1ccccc1C1CC(c3ccc4c(c3)OCO4)=NN12. The number of nitrogens with zero attached hydrogens (tertiary/aromatic N) is 3. The minimum Gasteiger partial charge on any atom is -0.466 e. The molecule has 0 aliphatic carbocycles. The van der Waals surface area contributed by atoms with Crippen molar-refractivity contribution in [3.63, 3.8) is 0 Å². The zero-order valence-electron chi connectivity index (χ0n) is 17.5. The number of ether oxygens (including phenoxy) is 3. The van der Waals surface area contributed by atoms with Crippen molar-refractivity contribution in [1.82, 2.24) is 9.91 Å². The number of fused-ring (bicyclic) bond motifs is 5. The molecule has 0 bridgehead atoms. The van der Waals surface area contributed by atoms with E-state index in [1.165, 1.54) is 5.56 Å². The van der Waals surface area contributed by atoms with Gasteiger partial charge in [0, 0.05) is 49.5 Å². The summed E-state index contributed by atoms with van der Waals surface area (Å²) in [6, 6.07) is 15.4. The molecule has 6 rings (SSSR count). The van der Waals surface area contributed by atoms with Gasteiger partial charge in [-0.1, -0.05) is 18.2 Å². The van der Waals surface area contributed by atoms with Crippen LogP contribution in [0, 0.1) is 0 Å². The number of para-hydroxylation sites is 1. The van der Waals surface area contributed by atoms with E-state index in [1.54, 1.807) is 0 Å². The van der Waals surface area contributed by atoms with Crippen molar-refractivity contribution in [2.24, 2.45) is 5.10 Å². The van der Waals surface area contributed by atoms with Crippen LogP contribution in [0.3, 0.4) is 0 Å². The standard InChI is InChI=1S/C24H27N3O3/c1-16(2)26-11-9-24(10-12-26)27-20(18-5-3-4-6-21(18)30-24)14-19(25-27)17-7-8-22-23(13-17)29-15-28-22/h3-8,13,16,20H,9-12,14-15H2,1-2H3. The summed E-state index contributed by atoms with van der Waals surface area (Å²) >= 11 is 0. The zero-order valence-corrected chi connectivity index (χ0v) is 17.5. The first-order valence-corrected chi connectivity index (χ1v) is 10.9. The Bertz CT molecular complexity index is 1010. The monoisotopic (exact) mass is 405 g/mol. The van der Waals surface area contributed by atoms with E-state index < -0.39 is 0 Å². The first-order valence-electron chi connectivity index (χ1n) is 10.9. The third kappa shape index (κ3) is 2.70. The van der Waals surface area contributed by atoms with Gasteiger partial charge < -0.3 is 19.1 Å². The molecule has 0 amide bonds. The van der Waals surface area contributed by atoms with Gasteiger partial charge in [0.2, 0.25) is 12.5 Å². The molecule has 4 heterocycles. The third-order valence-corrected chi connectivity index (χ3v) is 6.92. The van der Waals surface area contributed by atoms with E-state index in [4.69, 9.17) is 19.3 Å². The average Bonchev–Trinajstić information content (AvgIpc) is 3.41. The maximum atomic E-state index is 6.71. The Morgan fingerprint density at radius 2 is 1.80 bits per heavy atom. The maximum absolute atomic E-state index is 6.71. The van der Waals surface area contributed by atoms with Gasteiger partial charge in [-0.25, -0.2) is 5.01 Å². The van der Waals surface area contributed by atoms with E-state index in [2.05, 4.69) is 60.2 Å². The Hall–Kier alpha value is -2.73. The van der Waals surface area contributed by atoms with Gasteiger partial charge in [-0.2, -0.15) is 5.10 Å². The summed E-state index contributed by atoms with van der Waals surface area (Å²) in [4.78, 5) is 2.53. The van der Waals surface area contributed by atoms with E-state index in [0.29, 0.717) is 6.04 Å². The van der Waals surface area contributed by atoms with E-state index >= 15 is 0 Å². The van der Waals surface area contributed by atoms with Gasteiger partial charge in [0.25, 0.3) is 0 Å². The van der Waals surface area contributed by atoms with Crippen molar-refractivity contribution >= 4 is 5.71 Å². The Balaban J connectivity index is 1.38. The number of hydrogen-bond donors (Lipinski definition) is 0. The lowest BCUT2D eigenvalue weighted by Gasteiger charge is -2.51. The van der Waals surface area contributed by atoms with Crippen LogP contribution >= 0.6 is 0 Å². The second kappa shape index (κ2) is 6.64. The van der Waals surface area contributed by atoms with E-state index in [1.807, 2.05) is 6.07 Å². The summed E-state index contributed by atoms with van der Waals surface area (Å²) in [6.45, 7) is 6.87. The fourth-order valence-corrected chi connectivity index (χ4v) is 5.20. The molecule has 30 heavy (non-hydrogen) atoms. The fourth-order valence-electron chi connectivity index (χ4n) is 5.20. The molecule has 156 valence electrons. The summed E-state index contributed by atoms with van der Waals surface area (Å²) in [5.41, 5.74) is 3.04. The molecule has 1 fully saturated rings. The largest absolute Gasteiger partial charge is 0.466 e. The number of rotatable bonds is 2. The van der Waals surface area contributed by atoms with E-state index in [-0.39, 0.29) is 18.6 Å². The first kappa shape index (κ1) is 18.1. The van der Waals surface area contributed by atoms with Crippen LogP contribution in [0.25, 0.3) is 0 Å². The fraction of sp³-hybridized carbons (Fsp3) is 0.458. The topological polar surface area (TPSA) is 46.5 Å². The summed E-state index contributed by atoms with van der Waals surface area (Å²) in [7, 11) is 0. The minimum absolute atomic E-state index is 0.209. The molecule has 2 aromatic carbocycles. The Labute approximate surface area is 177 Å². The average molecular weight is 405 g/mol. The maximum Gasteiger partial charge on any atom is 0.231 e. The molecule has 0 saturated carbocycles. The van der Waals surface area contributed by atoms with Gasteiger partial charge in [-0.3, -0.25) is 0 Å². The quantitative estimate of drug-likeness (QED) is 0.751. The molecule has 0 N–H and O–H groups in total. The summed E-state index contributed by atoms with van der Waals surface area (Å²) in [6.07, 6.45) is 2.78. The highest BCUT2D eigenvalue weighted by molar-refractivity contribution is 6.02. The molecule has 4 aliphatic heterocycles. The second-order valence-electron chi connectivity index (χ2n) is 8.90. The minimum atomic E-state index is -0.373. The van der Waals surface area contributed by atoms with Crippen LogP contribution < -0.4 is 14.2 Å². The predicted molar refractivity (Wildman–Crippen MR) is 114 cm³/mol. The van der Waals surface area contributed by atoms with Crippen molar-refractivity contribution in [2.45, 2.75) is 50.9 Å². The molecule has 6 nitrogen and oxygen atoms in total. The third-order valence-electron chi connectivity index (χ3n) is 6.92. The molecule has 0 aromatic heterocycles. The first-order chi connectivity index (χ1) is 14.6. The highest BCUT2D eigenvalue weighted by atomic mass is 16.7. The molecule has 6 heteroatoms. The van der Waals surface area contributed by atoms with Crippen LogP contribution in [0.1, 0.15) is 50.3 Å². The lowest BCUT2D eigenvalue weighted by Crippen LogP contribution is -2.59. The van der Waals surface area contributed by atoms with Crippen LogP contribution in [0.5, 0.6) is 17.2 Å². The molecule has 0 radical (unpaired) electrons. The van der Waals surface area contributed by atoms with Gasteiger partial charge in [0.1, 0.15) is 5.75 Å². The van der Waals surface area contributed by atoms with E-state index in [9.17, 15) is 0 Å². The number of benzene rings is 2. The van der Waals surface area contributed by atoms with Crippen molar-refractivity contribution in [3.05, 3.63) is 53.6 Å². The van der Waals surface area contributed by atoms with Gasteiger partial charge in [0.05, 0.1) is 11.8 Å². The molecule has 1 saturated heterocycles. The molecular formula is C24H27N3O3. The predicted octanol–water partition coefficient (Wildman–Crippen LogP) is 4.16. The smallest absolute Gasteiger partial charge is 0.231 e. The Morgan fingerprint density at radius 3 is 2.63 bits per heavy atom. The van der Waals surface area contributed by atoms with Gasteiger partial charge >= 0.3 is 0 Å². The van der Waals surface area contributed by atoms with Crippen molar-refractivity contribution in [2.75, 3.05) is 19.9 Å². The van der Waals surface area contributed by atoms with Crippen LogP contribution in [-0.4, -0.2) is 47.3 Å². The summed E-state index contributed by atoms with van der Waals surface area (Å²) in [5, 5.41) is 7.43. The lowest BCUT2D eigenvalue weighted by molar-refractivity contribution is -0.152. The van der Waals surface area contributed by atoms with Crippen LogP contribution in [0.15, 0.2) is 47.6 Å². The van der Waals surface area contributed by atoms with Crippen LogP contribution in [-0.2, 0) is 0 Å². The van der Waals surface area contributed by atoms with Crippen LogP contribution in [0.4, 0.5) is 0 Å². The number of piperidine rings is 1. The molecular weight excluding hydrogens is 378 g/mol. The van der Waals surface area contributed by atoms with Gasteiger partial charge in [-0.15, -0.1) is 0 Å². The van der Waals surface area contributed by atoms with Gasteiger partial charge in [-0.05, 0) is 38.1 Å². The lowest BCUT2D eigenvalue weighted by atomic mass is 9.90. The Kier molecular flexibility index (Phi) is 4.00. The molecule has 1 spiro atoms. The van der Waals surface area contributed by atoms with Crippen LogP contribution in [0.2, 0.25) is 0 Å².